The van der Waals surface area contributed by atoms with Gasteiger partial charge in [-0.2, -0.15) is 8.42 Å². The molecule has 8 heavy (non-hydrogen) atoms. The summed E-state index contributed by atoms with van der Waals surface area (Å²) in [5, 5.41) is -1.12. The fourth-order valence-electron chi connectivity index (χ4n) is 0.110. The average Bonchev–Trinajstić information content (AvgIpc) is 1.21. The summed E-state index contributed by atoms with van der Waals surface area (Å²) in [6.07, 6.45) is 0. The molecule has 0 radical (unpaired) electrons. The maximum atomic E-state index is 9.67. The predicted molar refractivity (Wildman–Crippen MR) is 29.1 cm³/mol. The summed E-state index contributed by atoms with van der Waals surface area (Å²) in [6, 6.07) is 0. The molecule has 5 nitrogen and oxygen atoms in total. The largest absolute Gasteiger partial charge is 0.360 e. The zero-order valence-corrected chi connectivity index (χ0v) is 5.24. The number of amides is 1. The molecular weight excluding hydrogens is 154 g/mol. The van der Waals surface area contributed by atoms with Crippen molar-refractivity contribution in [2.24, 2.45) is 0 Å². The molecule has 0 spiro atoms. The van der Waals surface area contributed by atoms with E-state index >= 15 is 0 Å². The highest BCUT2D eigenvalue weighted by Crippen LogP contribution is 1.78. The van der Waals surface area contributed by atoms with Crippen LogP contribution >= 0.6 is 12.6 Å². The van der Waals surface area contributed by atoms with Crippen molar-refractivity contribution in [2.45, 2.75) is 0 Å². The van der Waals surface area contributed by atoms with Gasteiger partial charge in [0.1, 0.15) is 0 Å². The van der Waals surface area contributed by atoms with E-state index < -0.39 is 15.5 Å². The first kappa shape index (κ1) is 7.73. The van der Waals surface area contributed by atoms with Gasteiger partial charge in [-0.1, -0.05) is 12.6 Å². The Hall–Kier alpha value is -0.270. The van der Waals surface area contributed by atoms with E-state index in [-0.39, 0.29) is 0 Å². The van der Waals surface area contributed by atoms with E-state index in [0.717, 1.165) is 4.72 Å². The van der Waals surface area contributed by atoms with E-state index in [2.05, 4.69) is 12.6 Å². The van der Waals surface area contributed by atoms with E-state index in [4.69, 9.17) is 4.55 Å². The summed E-state index contributed by atoms with van der Waals surface area (Å²) in [6.45, 7) is 0. The van der Waals surface area contributed by atoms with Gasteiger partial charge in [-0.3, -0.25) is 9.35 Å². The summed E-state index contributed by atoms with van der Waals surface area (Å²) in [5.41, 5.74) is 0. The first-order valence-electron chi connectivity index (χ1n) is 1.40. The van der Waals surface area contributed by atoms with Crippen molar-refractivity contribution in [3.63, 3.8) is 0 Å². The minimum Gasteiger partial charge on any atom is -0.269 e. The van der Waals surface area contributed by atoms with E-state index in [1.807, 2.05) is 0 Å². The van der Waals surface area contributed by atoms with Gasteiger partial charge in [-0.25, -0.2) is 4.72 Å². The van der Waals surface area contributed by atoms with Crippen molar-refractivity contribution in [2.75, 3.05) is 0 Å². The topological polar surface area (TPSA) is 83.5 Å². The Balaban J connectivity index is 3.95. The standard InChI is InChI=1S/CH3NO4S2/c3-1(7)2-8(4,5)6/h(H2,2,3,7)(H,4,5,6). The van der Waals surface area contributed by atoms with Crippen LogP contribution in [0.2, 0.25) is 0 Å². The van der Waals surface area contributed by atoms with Crippen molar-refractivity contribution in [1.29, 1.82) is 0 Å². The third-order valence-corrected chi connectivity index (χ3v) is 0.923. The highest BCUT2D eigenvalue weighted by Gasteiger charge is 2.03. The first-order valence-corrected chi connectivity index (χ1v) is 3.29. The SMILES string of the molecule is O=C(S)NS(=O)(=O)O. The Morgan fingerprint density at radius 3 is 2.00 bits per heavy atom. The lowest BCUT2D eigenvalue weighted by Crippen LogP contribution is -2.24. The third-order valence-electron chi connectivity index (χ3n) is 0.216. The van der Waals surface area contributed by atoms with Crippen LogP contribution in [0.25, 0.3) is 0 Å². The zero-order valence-electron chi connectivity index (χ0n) is 3.53. The number of hydrogen-bond donors (Lipinski definition) is 3. The van der Waals surface area contributed by atoms with Crippen LogP contribution in [-0.2, 0) is 10.3 Å². The van der Waals surface area contributed by atoms with Crippen molar-refractivity contribution in [1.82, 2.24) is 4.72 Å². The van der Waals surface area contributed by atoms with Gasteiger partial charge in [-0.15, -0.1) is 0 Å². The Bertz CT molecular complexity index is 180. The molecule has 0 aromatic heterocycles. The summed E-state index contributed by atoms with van der Waals surface area (Å²) >= 11 is 3.00. The lowest BCUT2D eigenvalue weighted by atomic mass is 11.5. The van der Waals surface area contributed by atoms with Crippen LogP contribution in [0.4, 0.5) is 4.79 Å². The van der Waals surface area contributed by atoms with Crippen LogP contribution in [0.1, 0.15) is 0 Å². The van der Waals surface area contributed by atoms with E-state index in [9.17, 15) is 13.2 Å². The second-order valence-electron chi connectivity index (χ2n) is 0.882. The Morgan fingerprint density at radius 1 is 1.62 bits per heavy atom. The molecule has 1 amide bonds. The molecule has 0 aromatic carbocycles. The number of hydrogen-bond acceptors (Lipinski definition) is 3. The van der Waals surface area contributed by atoms with Gasteiger partial charge in [0.2, 0.25) is 0 Å². The van der Waals surface area contributed by atoms with Gasteiger partial charge >= 0.3 is 10.3 Å². The van der Waals surface area contributed by atoms with Gasteiger partial charge < -0.3 is 0 Å². The molecule has 2 N–H and O–H groups in total. The first-order chi connectivity index (χ1) is 3.42. The van der Waals surface area contributed by atoms with E-state index in [1.54, 1.807) is 0 Å². The molecule has 0 aromatic rings. The van der Waals surface area contributed by atoms with Gasteiger partial charge in [-0.05, 0) is 0 Å². The van der Waals surface area contributed by atoms with Crippen LogP contribution in [0.5, 0.6) is 0 Å². The number of thiol groups is 1. The molecule has 0 unspecified atom stereocenters. The minimum atomic E-state index is -4.40. The van der Waals surface area contributed by atoms with Gasteiger partial charge in [0, 0.05) is 0 Å². The second kappa shape index (κ2) is 2.33. The monoisotopic (exact) mass is 157 g/mol. The lowest BCUT2D eigenvalue weighted by molar-refractivity contribution is 0.264. The van der Waals surface area contributed by atoms with Crippen molar-refractivity contribution in [3.05, 3.63) is 0 Å². The van der Waals surface area contributed by atoms with Crippen LogP contribution in [0.3, 0.4) is 0 Å². The highest BCUT2D eigenvalue weighted by atomic mass is 32.2. The summed E-state index contributed by atoms with van der Waals surface area (Å²) < 4.78 is 28.1. The van der Waals surface area contributed by atoms with Crippen LogP contribution < -0.4 is 4.72 Å². The van der Waals surface area contributed by atoms with Crippen LogP contribution in [-0.4, -0.2) is 18.2 Å². The molecule has 48 valence electrons. The molecule has 0 saturated carbocycles. The normalized spacial score (nSPS) is 10.8. The summed E-state index contributed by atoms with van der Waals surface area (Å²) in [4.78, 5) is 9.67. The van der Waals surface area contributed by atoms with Gasteiger partial charge in [0.15, 0.2) is 0 Å². The molecule has 0 aliphatic rings. The molecule has 0 saturated heterocycles. The van der Waals surface area contributed by atoms with Gasteiger partial charge in [0.05, 0.1) is 0 Å². The number of carbonyl (C=O) groups is 1. The van der Waals surface area contributed by atoms with Gasteiger partial charge in [0.25, 0.3) is 5.24 Å². The molecule has 7 heteroatoms. The smallest absolute Gasteiger partial charge is 0.269 e. The Morgan fingerprint density at radius 2 is 2.00 bits per heavy atom. The minimum absolute atomic E-state index is 1.12. The van der Waals surface area contributed by atoms with Crippen LogP contribution in [0.15, 0.2) is 0 Å². The summed E-state index contributed by atoms with van der Waals surface area (Å²) in [7, 11) is -4.40. The van der Waals surface area contributed by atoms with E-state index in [1.165, 1.54) is 0 Å². The molecule has 0 aliphatic carbocycles. The quantitative estimate of drug-likeness (QED) is 0.351. The fraction of sp³-hybridized carbons (Fsp3) is 0. The van der Waals surface area contributed by atoms with Crippen LogP contribution in [0, 0.1) is 0 Å². The molecule has 0 rings (SSSR count). The maximum absolute atomic E-state index is 9.67. The van der Waals surface area contributed by atoms with Crippen molar-refractivity contribution in [3.8, 4) is 0 Å². The molecule has 0 atom stereocenters. The average molecular weight is 157 g/mol. The number of nitrogens with one attached hydrogen (secondary N) is 1. The lowest BCUT2D eigenvalue weighted by Gasteiger charge is -1.90. The highest BCUT2D eigenvalue weighted by molar-refractivity contribution is 7.98. The second-order valence-corrected chi connectivity index (χ2v) is 2.44. The molecular formula is CH3NO4S2. The molecule has 0 fully saturated rings. The van der Waals surface area contributed by atoms with Crippen molar-refractivity contribution >= 4 is 28.2 Å². The zero-order chi connectivity index (χ0) is 6.78. The Kier molecular flexibility index (Phi) is 2.26. The predicted octanol–water partition coefficient (Wildman–Crippen LogP) is -0.571. The maximum Gasteiger partial charge on any atom is 0.360 e. The fourth-order valence-corrected chi connectivity index (χ4v) is 0.677. The Labute approximate surface area is 51.4 Å². The molecule has 0 bridgehead atoms. The molecule has 0 heterocycles. The number of carbonyl (C=O) groups excluding carboxylic acids is 1. The third kappa shape index (κ3) is 5.73. The number of rotatable bonds is 1. The van der Waals surface area contributed by atoms with E-state index in [0.29, 0.717) is 0 Å². The summed E-state index contributed by atoms with van der Waals surface area (Å²) in [5.74, 6) is 0. The van der Waals surface area contributed by atoms with Crippen molar-refractivity contribution < 1.29 is 17.8 Å². The molecule has 0 aliphatic heterocycles.